The average Bonchev–Trinajstić information content (AvgIpc) is 2.34. The summed E-state index contributed by atoms with van der Waals surface area (Å²) >= 11 is 0. The molecule has 104 valence electrons. The van der Waals surface area contributed by atoms with Crippen LogP contribution in [0.4, 0.5) is 4.79 Å². The molecule has 1 atom stereocenters. The number of hydrogen-bond acceptors (Lipinski definition) is 2. The van der Waals surface area contributed by atoms with Gasteiger partial charge in [-0.15, -0.1) is 0 Å². The van der Waals surface area contributed by atoms with Crippen LogP contribution >= 0.6 is 0 Å². The summed E-state index contributed by atoms with van der Waals surface area (Å²) in [4.78, 5) is 23.3. The van der Waals surface area contributed by atoms with Crippen molar-refractivity contribution in [2.75, 3.05) is 0 Å². The van der Waals surface area contributed by atoms with Gasteiger partial charge in [0.2, 0.25) is 6.54 Å². The standard InChI is InChI=1S/C14H21N3O2/c1-5-11(3)15-14(19)16-13(18)9-17-8-6-7-10(2)12(17)4/h6-8,11H,5,9H2,1-4H3,(H-,15,16,18,19)/p+1/t11-/m1/s1. The Balaban J connectivity index is 2.56. The average molecular weight is 264 g/mol. The molecule has 19 heavy (non-hydrogen) atoms. The van der Waals surface area contributed by atoms with Crippen molar-refractivity contribution >= 4 is 11.9 Å². The first-order valence-corrected chi connectivity index (χ1v) is 6.50. The van der Waals surface area contributed by atoms with E-state index >= 15 is 0 Å². The second kappa shape index (κ2) is 6.87. The van der Waals surface area contributed by atoms with Crippen LogP contribution in [0.3, 0.4) is 0 Å². The molecule has 1 aromatic rings. The number of amides is 3. The number of aryl methyl sites for hydroxylation is 1. The molecule has 1 aromatic heterocycles. The minimum Gasteiger partial charge on any atom is -0.335 e. The molecule has 0 aliphatic carbocycles. The lowest BCUT2D eigenvalue weighted by molar-refractivity contribution is -0.690. The van der Waals surface area contributed by atoms with Crippen LogP contribution in [0.15, 0.2) is 18.3 Å². The number of nitrogens with one attached hydrogen (secondary N) is 2. The van der Waals surface area contributed by atoms with Crippen molar-refractivity contribution in [1.82, 2.24) is 10.6 Å². The van der Waals surface area contributed by atoms with E-state index in [1.54, 1.807) is 0 Å². The zero-order chi connectivity index (χ0) is 14.4. The Morgan fingerprint density at radius 1 is 1.37 bits per heavy atom. The predicted octanol–water partition coefficient (Wildman–Crippen LogP) is 1.22. The fourth-order valence-electron chi connectivity index (χ4n) is 1.60. The van der Waals surface area contributed by atoms with Gasteiger partial charge < -0.3 is 5.32 Å². The highest BCUT2D eigenvalue weighted by molar-refractivity contribution is 5.93. The minimum atomic E-state index is -0.440. The Hall–Kier alpha value is -1.91. The molecule has 0 aromatic carbocycles. The summed E-state index contributed by atoms with van der Waals surface area (Å²) in [6.07, 6.45) is 2.65. The van der Waals surface area contributed by atoms with Gasteiger partial charge in [0.15, 0.2) is 11.9 Å². The van der Waals surface area contributed by atoms with E-state index in [1.807, 2.05) is 50.6 Å². The third-order valence-electron chi connectivity index (χ3n) is 3.17. The van der Waals surface area contributed by atoms with Crippen molar-refractivity contribution in [3.63, 3.8) is 0 Å². The third kappa shape index (κ3) is 4.69. The molecule has 0 radical (unpaired) electrons. The zero-order valence-electron chi connectivity index (χ0n) is 12.0. The summed E-state index contributed by atoms with van der Waals surface area (Å²) in [5.41, 5.74) is 2.12. The van der Waals surface area contributed by atoms with Crippen molar-refractivity contribution in [3.8, 4) is 0 Å². The van der Waals surface area contributed by atoms with E-state index in [4.69, 9.17) is 0 Å². The number of carbonyl (C=O) groups is 2. The van der Waals surface area contributed by atoms with Crippen LogP contribution in [-0.4, -0.2) is 18.0 Å². The molecule has 0 saturated heterocycles. The predicted molar refractivity (Wildman–Crippen MR) is 72.5 cm³/mol. The highest BCUT2D eigenvalue weighted by atomic mass is 16.2. The highest BCUT2D eigenvalue weighted by Gasteiger charge is 2.16. The van der Waals surface area contributed by atoms with E-state index in [9.17, 15) is 9.59 Å². The largest absolute Gasteiger partial charge is 0.335 e. The summed E-state index contributed by atoms with van der Waals surface area (Å²) < 4.78 is 1.82. The lowest BCUT2D eigenvalue weighted by Gasteiger charge is -2.11. The topological polar surface area (TPSA) is 62.1 Å². The fraction of sp³-hybridized carbons (Fsp3) is 0.500. The van der Waals surface area contributed by atoms with Gasteiger partial charge in [-0.25, -0.2) is 4.79 Å². The number of rotatable bonds is 4. The first-order chi connectivity index (χ1) is 8.93. The Kier molecular flexibility index (Phi) is 5.48. The van der Waals surface area contributed by atoms with Crippen molar-refractivity contribution in [2.24, 2.45) is 0 Å². The molecule has 3 amide bonds. The molecule has 1 rings (SSSR count). The van der Waals surface area contributed by atoms with E-state index in [2.05, 4.69) is 10.6 Å². The van der Waals surface area contributed by atoms with Gasteiger partial charge in [-0.1, -0.05) is 6.92 Å². The third-order valence-corrected chi connectivity index (χ3v) is 3.17. The van der Waals surface area contributed by atoms with E-state index in [-0.39, 0.29) is 18.5 Å². The number of hydrogen-bond donors (Lipinski definition) is 2. The van der Waals surface area contributed by atoms with Crippen LogP contribution < -0.4 is 15.2 Å². The summed E-state index contributed by atoms with van der Waals surface area (Å²) in [7, 11) is 0. The fourth-order valence-corrected chi connectivity index (χ4v) is 1.60. The number of aromatic nitrogens is 1. The van der Waals surface area contributed by atoms with E-state index in [0.29, 0.717) is 0 Å². The maximum atomic E-state index is 11.8. The van der Waals surface area contributed by atoms with Crippen molar-refractivity contribution in [3.05, 3.63) is 29.6 Å². The summed E-state index contributed by atoms with van der Waals surface area (Å²) in [5.74, 6) is -0.320. The molecule has 1 heterocycles. The first kappa shape index (κ1) is 15.1. The van der Waals surface area contributed by atoms with Crippen LogP contribution in [0.25, 0.3) is 0 Å². The van der Waals surface area contributed by atoms with Gasteiger partial charge in [-0.3, -0.25) is 10.1 Å². The van der Waals surface area contributed by atoms with Crippen LogP contribution in [0.1, 0.15) is 31.5 Å². The first-order valence-electron chi connectivity index (χ1n) is 6.50. The van der Waals surface area contributed by atoms with Crippen LogP contribution in [-0.2, 0) is 11.3 Å². The Morgan fingerprint density at radius 2 is 2.05 bits per heavy atom. The van der Waals surface area contributed by atoms with E-state index in [0.717, 1.165) is 17.7 Å². The zero-order valence-corrected chi connectivity index (χ0v) is 12.0. The van der Waals surface area contributed by atoms with Crippen molar-refractivity contribution < 1.29 is 14.2 Å². The second-order valence-corrected chi connectivity index (χ2v) is 4.74. The molecule has 5 heteroatoms. The number of nitrogens with zero attached hydrogens (tertiary/aromatic N) is 1. The molecule has 0 saturated carbocycles. The quantitative estimate of drug-likeness (QED) is 0.803. The van der Waals surface area contributed by atoms with Gasteiger partial charge in [0, 0.05) is 24.6 Å². The monoisotopic (exact) mass is 264 g/mol. The molecule has 2 N–H and O–H groups in total. The van der Waals surface area contributed by atoms with Gasteiger partial charge in [-0.05, 0) is 26.3 Å². The maximum absolute atomic E-state index is 11.8. The molecule has 0 fully saturated rings. The summed E-state index contributed by atoms with van der Waals surface area (Å²) in [6, 6.07) is 3.49. The molecule has 0 spiro atoms. The highest BCUT2D eigenvalue weighted by Crippen LogP contribution is 1.98. The second-order valence-electron chi connectivity index (χ2n) is 4.74. The minimum absolute atomic E-state index is 0.0566. The SMILES string of the molecule is CC[C@@H](C)NC(=O)NC(=O)C[n+]1cccc(C)c1C. The van der Waals surface area contributed by atoms with Crippen LogP contribution in [0.5, 0.6) is 0 Å². The van der Waals surface area contributed by atoms with Crippen molar-refractivity contribution in [1.29, 1.82) is 0 Å². The van der Waals surface area contributed by atoms with Crippen LogP contribution in [0, 0.1) is 13.8 Å². The molecule has 5 nitrogen and oxygen atoms in total. The van der Waals surface area contributed by atoms with E-state index < -0.39 is 6.03 Å². The molecule has 0 unspecified atom stereocenters. The smallest absolute Gasteiger partial charge is 0.321 e. The Labute approximate surface area is 114 Å². The van der Waals surface area contributed by atoms with E-state index in [1.165, 1.54) is 0 Å². The molecule has 0 aliphatic heterocycles. The van der Waals surface area contributed by atoms with Gasteiger partial charge in [0.25, 0.3) is 5.91 Å². The maximum Gasteiger partial charge on any atom is 0.321 e. The normalized spacial score (nSPS) is 11.8. The number of urea groups is 1. The van der Waals surface area contributed by atoms with Crippen molar-refractivity contribution in [2.45, 2.75) is 46.7 Å². The lowest BCUT2D eigenvalue weighted by atomic mass is 10.2. The van der Waals surface area contributed by atoms with Gasteiger partial charge >= 0.3 is 6.03 Å². The van der Waals surface area contributed by atoms with Crippen LogP contribution in [0.2, 0.25) is 0 Å². The van der Waals surface area contributed by atoms with Gasteiger partial charge in [0.05, 0.1) is 0 Å². The molecular weight excluding hydrogens is 242 g/mol. The number of carbonyl (C=O) groups excluding carboxylic acids is 2. The summed E-state index contributed by atoms with van der Waals surface area (Å²) in [6.45, 7) is 7.94. The van der Waals surface area contributed by atoms with Gasteiger partial charge in [-0.2, -0.15) is 4.57 Å². The molecule has 0 bridgehead atoms. The molecule has 0 aliphatic rings. The van der Waals surface area contributed by atoms with Gasteiger partial charge in [0.1, 0.15) is 0 Å². The Morgan fingerprint density at radius 3 is 2.68 bits per heavy atom. The molecular formula is C14H22N3O2+. The number of imide groups is 1. The Bertz CT molecular complexity index is 472. The lowest BCUT2D eigenvalue weighted by Crippen LogP contribution is -2.50. The number of pyridine rings is 1. The summed E-state index contributed by atoms with van der Waals surface area (Å²) in [5, 5.41) is 5.02.